The second kappa shape index (κ2) is 14.7. The van der Waals surface area contributed by atoms with Gasteiger partial charge < -0.3 is 29.4 Å². The number of hydrogen-bond donors (Lipinski definition) is 2. The van der Waals surface area contributed by atoms with Crippen molar-refractivity contribution in [2.45, 2.75) is 53.4 Å². The number of ether oxygens (including phenoxy) is 4. The first-order chi connectivity index (χ1) is 25.8. The molecule has 13 nitrogen and oxygen atoms in total. The lowest BCUT2D eigenvalue weighted by atomic mass is 9.64. The van der Waals surface area contributed by atoms with E-state index in [1.165, 1.54) is 28.4 Å². The number of carbonyl (C=O) groups excluding carboxylic acids is 4. The highest BCUT2D eigenvalue weighted by molar-refractivity contribution is 6.19. The minimum Gasteiger partial charge on any atom is -0.515 e. The van der Waals surface area contributed by atoms with Crippen molar-refractivity contribution in [3.63, 3.8) is 0 Å². The lowest BCUT2D eigenvalue weighted by Crippen LogP contribution is -2.41. The van der Waals surface area contributed by atoms with Gasteiger partial charge in [0.2, 0.25) is 0 Å². The van der Waals surface area contributed by atoms with Crippen molar-refractivity contribution in [3.8, 4) is 0 Å². The molecule has 0 aromatic carbocycles. The van der Waals surface area contributed by atoms with Crippen LogP contribution in [0.2, 0.25) is 0 Å². The van der Waals surface area contributed by atoms with Crippen LogP contribution in [0.4, 0.5) is 0 Å². The summed E-state index contributed by atoms with van der Waals surface area (Å²) in [6.07, 6.45) is 12.6. The van der Waals surface area contributed by atoms with Gasteiger partial charge in [-0.2, -0.15) is 0 Å². The highest BCUT2D eigenvalue weighted by atomic mass is 16.5. The highest BCUT2D eigenvalue weighted by Gasteiger charge is 2.55. The van der Waals surface area contributed by atoms with E-state index in [0.717, 1.165) is 28.6 Å². The normalized spacial score (nSPS) is 23.6. The Morgan fingerprint density at radius 1 is 0.759 bits per heavy atom. The molecule has 0 radical (unpaired) electrons. The standard InChI is InChI=1S/C41H42N4O9/c1-20-23(10-13-36(47)51-5)31-17-32-24(11-14-37(48)52-6)21(2)30(44-32)18-35-41(4)27(12-9-25(39(49)53-7)38(41)40(50)54-8)34(45-35)16-29-22(3)26(19-46)33(43-29)15-28(20)42-31/h9,12,15-19,38,45-46H,10-11,13-14H2,1-8H3/b26-19+,28-15?,32-17?,34-16?,35-18?/t38-,41+/m0/s1. The van der Waals surface area contributed by atoms with Crippen molar-refractivity contribution in [2.24, 2.45) is 26.3 Å². The first kappa shape index (κ1) is 37.6. The number of aliphatic hydroxyl groups is 1. The van der Waals surface area contributed by atoms with Crippen LogP contribution in [0.25, 0.3) is 0 Å². The summed E-state index contributed by atoms with van der Waals surface area (Å²) in [5.41, 5.74) is 8.52. The zero-order valence-electron chi connectivity index (χ0n) is 31.5. The summed E-state index contributed by atoms with van der Waals surface area (Å²) in [7, 11) is 5.21. The number of fused-ring (bicyclic) bond motifs is 8. The van der Waals surface area contributed by atoms with Gasteiger partial charge in [0.25, 0.3) is 0 Å². The van der Waals surface area contributed by atoms with Crippen LogP contribution in [-0.2, 0) is 38.1 Å². The monoisotopic (exact) mass is 734 g/mol. The van der Waals surface area contributed by atoms with E-state index < -0.39 is 23.3 Å². The van der Waals surface area contributed by atoms with E-state index in [4.69, 9.17) is 33.9 Å². The summed E-state index contributed by atoms with van der Waals surface area (Å²) >= 11 is 0. The molecule has 5 aliphatic heterocycles. The van der Waals surface area contributed by atoms with Crippen molar-refractivity contribution in [2.75, 3.05) is 28.4 Å². The maximum absolute atomic E-state index is 13.7. The Morgan fingerprint density at radius 3 is 2.04 bits per heavy atom. The van der Waals surface area contributed by atoms with Crippen molar-refractivity contribution in [1.82, 2.24) is 5.32 Å². The van der Waals surface area contributed by atoms with Gasteiger partial charge in [-0.3, -0.25) is 14.4 Å². The Morgan fingerprint density at radius 2 is 1.41 bits per heavy atom. The molecule has 1 saturated heterocycles. The molecule has 54 heavy (non-hydrogen) atoms. The fourth-order valence-corrected chi connectivity index (χ4v) is 7.62. The van der Waals surface area contributed by atoms with Crippen LogP contribution in [0.3, 0.4) is 0 Å². The summed E-state index contributed by atoms with van der Waals surface area (Å²) in [6.45, 7) is 7.53. The van der Waals surface area contributed by atoms with E-state index in [1.807, 2.05) is 45.9 Å². The zero-order valence-corrected chi connectivity index (χ0v) is 31.5. The Hall–Kier alpha value is -6.11. The minimum absolute atomic E-state index is 0.0968. The lowest BCUT2D eigenvalue weighted by molar-refractivity contribution is -0.150. The second-order valence-electron chi connectivity index (χ2n) is 13.6. The molecule has 0 saturated carbocycles. The van der Waals surface area contributed by atoms with E-state index in [1.54, 1.807) is 18.2 Å². The molecule has 1 aliphatic carbocycles. The van der Waals surface area contributed by atoms with Crippen molar-refractivity contribution < 1.29 is 43.2 Å². The van der Waals surface area contributed by atoms with Gasteiger partial charge in [-0.25, -0.2) is 19.8 Å². The third-order valence-corrected chi connectivity index (χ3v) is 10.8. The molecular weight excluding hydrogens is 692 g/mol. The molecule has 5 heterocycles. The van der Waals surface area contributed by atoms with E-state index in [2.05, 4.69) is 5.32 Å². The number of methoxy groups -OCH3 is 4. The summed E-state index contributed by atoms with van der Waals surface area (Å²) in [5, 5.41) is 14.0. The van der Waals surface area contributed by atoms with E-state index in [-0.39, 0.29) is 30.4 Å². The first-order valence-corrected chi connectivity index (χ1v) is 17.4. The third kappa shape index (κ3) is 6.33. The number of aliphatic hydroxyl groups excluding tert-OH is 1. The molecule has 280 valence electrons. The minimum atomic E-state index is -1.17. The van der Waals surface area contributed by atoms with Crippen molar-refractivity contribution in [3.05, 3.63) is 116 Å². The molecule has 0 spiro atoms. The smallest absolute Gasteiger partial charge is 0.334 e. The molecule has 0 amide bonds. The average molecular weight is 735 g/mol. The number of aliphatic imine (C=N–C) groups is 3. The van der Waals surface area contributed by atoms with E-state index in [9.17, 15) is 24.3 Å². The predicted molar refractivity (Wildman–Crippen MR) is 201 cm³/mol. The molecule has 2 atom stereocenters. The van der Waals surface area contributed by atoms with Gasteiger partial charge in [0.1, 0.15) is 5.92 Å². The summed E-state index contributed by atoms with van der Waals surface area (Å²) in [5.74, 6) is -3.16. The number of allylic oxidation sites excluding steroid dienone is 14. The van der Waals surface area contributed by atoms with Crippen LogP contribution in [0.5, 0.6) is 0 Å². The van der Waals surface area contributed by atoms with Gasteiger partial charge in [-0.05, 0) is 98.3 Å². The summed E-state index contributed by atoms with van der Waals surface area (Å²) in [6, 6.07) is 0. The molecule has 6 rings (SSSR count). The molecular formula is C41H42N4O9. The second-order valence-corrected chi connectivity index (χ2v) is 13.6. The highest BCUT2D eigenvalue weighted by Crippen LogP contribution is 2.55. The SMILES string of the molecule is COC(=O)CCC1=C(C)C2=NC1=CC1=NC(=CC3=NC(=C(C)/C3=C\O)C=C3NC(=C2)[C@@]2(C)C3=CC=C(C(=O)OC)[C@H]2C(=O)OC)C(C)=C1CCC(=O)OC. The molecule has 6 aliphatic rings. The lowest BCUT2D eigenvalue weighted by Gasteiger charge is -2.36. The van der Waals surface area contributed by atoms with Gasteiger partial charge in [0.05, 0.1) is 79.9 Å². The first-order valence-electron chi connectivity index (χ1n) is 17.4. The third-order valence-electron chi connectivity index (χ3n) is 10.8. The van der Waals surface area contributed by atoms with Gasteiger partial charge in [0.15, 0.2) is 0 Å². The molecule has 0 aromatic heterocycles. The van der Waals surface area contributed by atoms with Crippen LogP contribution in [-0.4, -0.2) is 74.6 Å². The number of carbonyl (C=O) groups is 4. The predicted octanol–water partition coefficient (Wildman–Crippen LogP) is 5.59. The van der Waals surface area contributed by atoms with Crippen molar-refractivity contribution in [1.29, 1.82) is 0 Å². The Bertz CT molecular complexity index is 2210. The topological polar surface area (TPSA) is 175 Å². The number of nitrogens with zero attached hydrogens (tertiary/aromatic N) is 3. The molecule has 0 aromatic rings. The van der Waals surface area contributed by atoms with Gasteiger partial charge in [0, 0.05) is 29.8 Å². The maximum atomic E-state index is 13.7. The van der Waals surface area contributed by atoms with Gasteiger partial charge in [-0.1, -0.05) is 12.2 Å². The largest absolute Gasteiger partial charge is 0.515 e. The Kier molecular flexibility index (Phi) is 10.3. The number of esters is 4. The van der Waals surface area contributed by atoms with Crippen molar-refractivity contribution >= 4 is 41.0 Å². The summed E-state index contributed by atoms with van der Waals surface area (Å²) < 4.78 is 20.3. The van der Waals surface area contributed by atoms with E-state index >= 15 is 0 Å². The van der Waals surface area contributed by atoms with Crippen LogP contribution in [0.15, 0.2) is 131 Å². The fraction of sp³-hybridized carbons (Fsp3) is 0.341. The maximum Gasteiger partial charge on any atom is 0.334 e. The van der Waals surface area contributed by atoms with Crippen LogP contribution >= 0.6 is 0 Å². The zero-order chi connectivity index (χ0) is 39.1. The molecule has 0 unspecified atom stereocenters. The van der Waals surface area contributed by atoms with Crippen LogP contribution < -0.4 is 5.32 Å². The molecule has 13 heteroatoms. The average Bonchev–Trinajstić information content (AvgIpc) is 3.82. The van der Waals surface area contributed by atoms with E-state index in [0.29, 0.717) is 75.2 Å². The van der Waals surface area contributed by atoms with Gasteiger partial charge in [-0.15, -0.1) is 0 Å². The molecule has 2 N–H and O–H groups in total. The molecule has 8 bridgehead atoms. The summed E-state index contributed by atoms with van der Waals surface area (Å²) in [4.78, 5) is 66.5. The fourth-order valence-electron chi connectivity index (χ4n) is 7.62. The van der Waals surface area contributed by atoms with Gasteiger partial charge >= 0.3 is 23.9 Å². The Balaban J connectivity index is 1.65. The number of hydrogen-bond acceptors (Lipinski definition) is 13. The van der Waals surface area contributed by atoms with Crippen LogP contribution in [0, 0.1) is 11.3 Å². The number of rotatable bonds is 8. The quantitative estimate of drug-likeness (QED) is 0.182. The van der Waals surface area contributed by atoms with Crippen LogP contribution in [0.1, 0.15) is 53.4 Å². The Labute approximate surface area is 313 Å². The molecule has 1 fully saturated rings. The number of nitrogens with one attached hydrogen (secondary N) is 1.